The van der Waals surface area contributed by atoms with Gasteiger partial charge < -0.3 is 15.2 Å². The van der Waals surface area contributed by atoms with Crippen LogP contribution in [-0.2, 0) is 11.2 Å². The van der Waals surface area contributed by atoms with Crippen molar-refractivity contribution in [3.05, 3.63) is 34.9 Å². The Morgan fingerprint density at radius 1 is 1.42 bits per heavy atom. The van der Waals surface area contributed by atoms with Crippen LogP contribution < -0.4 is 5.32 Å². The fourth-order valence-corrected chi connectivity index (χ4v) is 2.89. The highest BCUT2D eigenvalue weighted by atomic mass is 16.5. The zero-order valence-electron chi connectivity index (χ0n) is 11.1. The molecule has 0 spiro atoms. The summed E-state index contributed by atoms with van der Waals surface area (Å²) in [6.07, 6.45) is 2.11. The van der Waals surface area contributed by atoms with Crippen LogP contribution in [0, 0.1) is 0 Å². The number of benzene rings is 1. The van der Waals surface area contributed by atoms with E-state index in [2.05, 4.69) is 5.32 Å². The normalized spacial score (nSPS) is 27.8. The maximum Gasteiger partial charge on any atom is 0.251 e. The third-order valence-corrected chi connectivity index (χ3v) is 4.02. The molecular weight excluding hydrogens is 242 g/mol. The minimum absolute atomic E-state index is 0.0454. The lowest BCUT2D eigenvalue weighted by Crippen LogP contribution is -2.32. The van der Waals surface area contributed by atoms with Crippen molar-refractivity contribution in [1.82, 2.24) is 5.32 Å². The molecule has 0 aromatic heterocycles. The first-order valence-electron chi connectivity index (χ1n) is 6.89. The minimum atomic E-state index is -0.648. The van der Waals surface area contributed by atoms with Gasteiger partial charge in [0, 0.05) is 12.1 Å². The molecule has 4 nitrogen and oxygen atoms in total. The summed E-state index contributed by atoms with van der Waals surface area (Å²) >= 11 is 0. The van der Waals surface area contributed by atoms with Gasteiger partial charge in [0.1, 0.15) is 6.10 Å². The minimum Gasteiger partial charge on any atom is -0.386 e. The first kappa shape index (κ1) is 12.6. The van der Waals surface area contributed by atoms with Crippen LogP contribution in [0.2, 0.25) is 0 Å². The first-order valence-corrected chi connectivity index (χ1v) is 6.89. The summed E-state index contributed by atoms with van der Waals surface area (Å²) in [7, 11) is 0. The summed E-state index contributed by atoms with van der Waals surface area (Å²) in [6.45, 7) is 2.71. The second-order valence-electron chi connectivity index (χ2n) is 5.43. The third kappa shape index (κ3) is 2.38. The second-order valence-corrected chi connectivity index (χ2v) is 5.43. The Labute approximate surface area is 112 Å². The molecule has 1 aromatic rings. The lowest BCUT2D eigenvalue weighted by atomic mass is 9.94. The van der Waals surface area contributed by atoms with Crippen molar-refractivity contribution in [3.8, 4) is 0 Å². The van der Waals surface area contributed by atoms with Gasteiger partial charge in [-0.2, -0.15) is 0 Å². The fraction of sp³-hybridized carbons (Fsp3) is 0.533. The Kier molecular flexibility index (Phi) is 3.29. The van der Waals surface area contributed by atoms with E-state index in [1.54, 1.807) is 6.07 Å². The number of ether oxygens (including phenoxy) is 1. The van der Waals surface area contributed by atoms with E-state index in [0.717, 1.165) is 30.4 Å². The highest BCUT2D eigenvalue weighted by Crippen LogP contribution is 2.31. The van der Waals surface area contributed by atoms with Crippen molar-refractivity contribution >= 4 is 5.91 Å². The van der Waals surface area contributed by atoms with Gasteiger partial charge in [0.15, 0.2) is 0 Å². The molecule has 0 radical (unpaired) electrons. The zero-order valence-corrected chi connectivity index (χ0v) is 11.1. The summed E-state index contributed by atoms with van der Waals surface area (Å²) in [5.74, 6) is -0.0454. The van der Waals surface area contributed by atoms with Gasteiger partial charge in [0.2, 0.25) is 0 Å². The van der Waals surface area contributed by atoms with Gasteiger partial charge in [-0.25, -0.2) is 0 Å². The van der Waals surface area contributed by atoms with Crippen LogP contribution in [0.5, 0.6) is 0 Å². The number of aliphatic hydroxyl groups excluding tert-OH is 1. The highest BCUT2D eigenvalue weighted by Gasteiger charge is 2.30. The summed E-state index contributed by atoms with van der Waals surface area (Å²) in [6, 6.07) is 5.67. The van der Waals surface area contributed by atoms with E-state index in [1.165, 1.54) is 0 Å². The van der Waals surface area contributed by atoms with Crippen LogP contribution in [-0.4, -0.2) is 29.8 Å². The van der Waals surface area contributed by atoms with Gasteiger partial charge in [0.25, 0.3) is 5.91 Å². The molecule has 1 saturated heterocycles. The van der Waals surface area contributed by atoms with Crippen molar-refractivity contribution in [1.29, 1.82) is 0 Å². The van der Waals surface area contributed by atoms with Gasteiger partial charge in [-0.1, -0.05) is 12.1 Å². The molecule has 3 atom stereocenters. The lowest BCUT2D eigenvalue weighted by Gasteiger charge is -2.22. The molecule has 19 heavy (non-hydrogen) atoms. The molecule has 1 aromatic carbocycles. The topological polar surface area (TPSA) is 58.6 Å². The molecule has 3 rings (SSSR count). The van der Waals surface area contributed by atoms with Crippen molar-refractivity contribution in [2.24, 2.45) is 0 Å². The van der Waals surface area contributed by atoms with Gasteiger partial charge in [0.05, 0.1) is 12.2 Å². The first-order chi connectivity index (χ1) is 9.15. The van der Waals surface area contributed by atoms with Crippen LogP contribution in [0.15, 0.2) is 18.2 Å². The van der Waals surface area contributed by atoms with E-state index in [9.17, 15) is 9.90 Å². The predicted octanol–water partition coefficient (Wildman–Crippen LogP) is 1.57. The van der Waals surface area contributed by atoms with Gasteiger partial charge >= 0.3 is 0 Å². The molecule has 1 fully saturated rings. The van der Waals surface area contributed by atoms with Crippen LogP contribution in [0.4, 0.5) is 0 Å². The fourth-order valence-electron chi connectivity index (χ4n) is 2.89. The van der Waals surface area contributed by atoms with E-state index in [0.29, 0.717) is 12.1 Å². The van der Waals surface area contributed by atoms with E-state index < -0.39 is 6.10 Å². The zero-order chi connectivity index (χ0) is 13.4. The van der Waals surface area contributed by atoms with Crippen molar-refractivity contribution in [3.63, 3.8) is 0 Å². The van der Waals surface area contributed by atoms with Crippen molar-refractivity contribution in [2.75, 3.05) is 6.54 Å². The molecule has 4 heteroatoms. The molecule has 2 heterocycles. The highest BCUT2D eigenvalue weighted by molar-refractivity contribution is 5.96. The monoisotopic (exact) mass is 261 g/mol. The largest absolute Gasteiger partial charge is 0.386 e. The third-order valence-electron chi connectivity index (χ3n) is 4.02. The molecule has 1 amide bonds. The molecule has 2 N–H and O–H groups in total. The van der Waals surface area contributed by atoms with Crippen molar-refractivity contribution < 1.29 is 14.6 Å². The van der Waals surface area contributed by atoms with Crippen molar-refractivity contribution in [2.45, 2.75) is 44.5 Å². The number of hydrogen-bond donors (Lipinski definition) is 2. The molecule has 0 aliphatic carbocycles. The average Bonchev–Trinajstić information content (AvgIpc) is 2.85. The Morgan fingerprint density at radius 2 is 2.26 bits per heavy atom. The van der Waals surface area contributed by atoms with E-state index >= 15 is 0 Å². The van der Waals surface area contributed by atoms with Crippen LogP contribution in [0.1, 0.15) is 47.4 Å². The molecule has 2 aliphatic rings. The van der Waals surface area contributed by atoms with E-state index in [1.807, 2.05) is 19.1 Å². The Hall–Kier alpha value is -1.39. The number of carbonyl (C=O) groups is 1. The van der Waals surface area contributed by atoms with E-state index in [4.69, 9.17) is 4.74 Å². The lowest BCUT2D eigenvalue weighted by molar-refractivity contribution is -0.0297. The number of hydrogen-bond acceptors (Lipinski definition) is 3. The number of aliphatic hydroxyl groups is 1. The van der Waals surface area contributed by atoms with E-state index in [-0.39, 0.29) is 18.1 Å². The van der Waals surface area contributed by atoms with Gasteiger partial charge in [-0.05, 0) is 43.4 Å². The van der Waals surface area contributed by atoms with Crippen LogP contribution in [0.25, 0.3) is 0 Å². The van der Waals surface area contributed by atoms with Crippen LogP contribution in [0.3, 0.4) is 0 Å². The SMILES string of the molecule is CC1CCC(C(O)c2ccc3c(c2)C(=O)NCC3)O1. The summed E-state index contributed by atoms with van der Waals surface area (Å²) in [5.41, 5.74) is 2.52. The maximum atomic E-state index is 11.8. The summed E-state index contributed by atoms with van der Waals surface area (Å²) in [5, 5.41) is 13.2. The average molecular weight is 261 g/mol. The van der Waals surface area contributed by atoms with Gasteiger partial charge in [-0.15, -0.1) is 0 Å². The molecule has 102 valence electrons. The van der Waals surface area contributed by atoms with Gasteiger partial charge in [-0.3, -0.25) is 4.79 Å². The smallest absolute Gasteiger partial charge is 0.251 e. The number of amides is 1. The standard InChI is InChI=1S/C15H19NO3/c1-9-2-5-13(19-9)14(17)11-4-3-10-6-7-16-15(18)12(10)8-11/h3-4,8-9,13-14,17H,2,5-7H2,1H3,(H,16,18). The molecule has 3 unspecified atom stereocenters. The molecular formula is C15H19NO3. The molecule has 0 saturated carbocycles. The number of nitrogens with one attached hydrogen (secondary N) is 1. The maximum absolute atomic E-state index is 11.8. The Bertz CT molecular complexity index is 500. The summed E-state index contributed by atoms with van der Waals surface area (Å²) in [4.78, 5) is 11.8. The van der Waals surface area contributed by atoms with Crippen LogP contribution >= 0.6 is 0 Å². The molecule has 0 bridgehead atoms. The number of carbonyl (C=O) groups excluding carboxylic acids is 1. The quantitative estimate of drug-likeness (QED) is 0.849. The molecule has 2 aliphatic heterocycles. The Morgan fingerprint density at radius 3 is 3.00 bits per heavy atom. The number of rotatable bonds is 2. The second kappa shape index (κ2) is 4.94. The summed E-state index contributed by atoms with van der Waals surface area (Å²) < 4.78 is 5.70. The predicted molar refractivity (Wildman–Crippen MR) is 71.0 cm³/mol. The Balaban J connectivity index is 1.85. The number of fused-ring (bicyclic) bond motifs is 1.